The molecular weight excluding hydrogens is 312 g/mol. The molecule has 0 N–H and O–H groups in total. The van der Waals surface area contributed by atoms with Crippen molar-refractivity contribution in [2.45, 2.75) is 37.6 Å². The second-order valence-electron chi connectivity index (χ2n) is 5.51. The molecule has 1 aromatic heterocycles. The number of benzene rings is 1. The van der Waals surface area contributed by atoms with Gasteiger partial charge in [-0.1, -0.05) is 23.9 Å². The maximum Gasteiger partial charge on any atom is 0.262 e. The number of aromatic nitrogens is 2. The molecule has 1 saturated heterocycles. The van der Waals surface area contributed by atoms with Crippen LogP contribution in [0.1, 0.15) is 19.8 Å². The van der Waals surface area contributed by atoms with Gasteiger partial charge in [0.05, 0.1) is 30.2 Å². The van der Waals surface area contributed by atoms with E-state index in [1.807, 2.05) is 31.2 Å². The zero-order valence-corrected chi connectivity index (χ0v) is 14.2. The molecule has 23 heavy (non-hydrogen) atoms. The molecule has 2 aromatic rings. The Balaban J connectivity index is 1.91. The van der Waals surface area contributed by atoms with Crippen LogP contribution >= 0.6 is 11.8 Å². The van der Waals surface area contributed by atoms with Gasteiger partial charge in [0.15, 0.2) is 5.16 Å². The maximum absolute atomic E-state index is 12.8. The van der Waals surface area contributed by atoms with Gasteiger partial charge < -0.3 is 9.47 Å². The van der Waals surface area contributed by atoms with Gasteiger partial charge in [0, 0.05) is 19.0 Å². The zero-order valence-electron chi connectivity index (χ0n) is 13.4. The molecule has 0 spiro atoms. The lowest BCUT2D eigenvalue weighted by atomic mass is 10.2. The average molecular weight is 334 g/mol. The normalized spacial score (nSPS) is 17.9. The van der Waals surface area contributed by atoms with Gasteiger partial charge in [-0.2, -0.15) is 0 Å². The van der Waals surface area contributed by atoms with Gasteiger partial charge in [-0.15, -0.1) is 0 Å². The fraction of sp³-hybridized carbons (Fsp3) is 0.529. The average Bonchev–Trinajstić information content (AvgIpc) is 3.08. The van der Waals surface area contributed by atoms with Crippen molar-refractivity contribution in [3.05, 3.63) is 34.6 Å². The van der Waals surface area contributed by atoms with Crippen molar-refractivity contribution in [3.8, 4) is 0 Å². The molecular formula is C17H22N2O3S. The van der Waals surface area contributed by atoms with Gasteiger partial charge in [-0.05, 0) is 31.9 Å². The summed E-state index contributed by atoms with van der Waals surface area (Å²) in [6.45, 7) is 4.70. The monoisotopic (exact) mass is 334 g/mol. The molecule has 0 bridgehead atoms. The third-order valence-corrected chi connectivity index (χ3v) is 4.84. The van der Waals surface area contributed by atoms with Crippen LogP contribution in [0, 0.1) is 0 Å². The number of hydrogen-bond acceptors (Lipinski definition) is 5. The molecule has 1 aromatic carbocycles. The Bertz CT molecular complexity index is 711. The first-order valence-corrected chi connectivity index (χ1v) is 9.10. The van der Waals surface area contributed by atoms with Crippen molar-refractivity contribution in [2.24, 2.45) is 0 Å². The summed E-state index contributed by atoms with van der Waals surface area (Å²) in [5, 5.41) is 1.42. The number of ether oxygens (including phenoxy) is 2. The van der Waals surface area contributed by atoms with E-state index in [1.165, 1.54) is 0 Å². The number of para-hydroxylation sites is 1. The Morgan fingerprint density at radius 1 is 1.43 bits per heavy atom. The fourth-order valence-corrected chi connectivity index (χ4v) is 3.61. The van der Waals surface area contributed by atoms with Gasteiger partial charge in [-0.3, -0.25) is 9.36 Å². The van der Waals surface area contributed by atoms with Crippen LogP contribution in [0.15, 0.2) is 34.2 Å². The minimum Gasteiger partial charge on any atom is -0.381 e. The SMILES string of the molecule is CCOCCSc1nc2ccccc2c(=O)n1CC1CCCO1. The molecule has 0 aliphatic carbocycles. The molecule has 1 unspecified atom stereocenters. The summed E-state index contributed by atoms with van der Waals surface area (Å²) in [5.74, 6) is 0.782. The predicted octanol–water partition coefficient (Wildman–Crippen LogP) is 2.70. The molecule has 2 heterocycles. The summed E-state index contributed by atoms with van der Waals surface area (Å²) >= 11 is 1.57. The van der Waals surface area contributed by atoms with Crippen molar-refractivity contribution >= 4 is 22.7 Å². The van der Waals surface area contributed by atoms with E-state index in [0.717, 1.165) is 35.9 Å². The van der Waals surface area contributed by atoms with E-state index in [0.29, 0.717) is 25.1 Å². The Hall–Kier alpha value is -1.37. The topological polar surface area (TPSA) is 53.3 Å². The molecule has 3 rings (SSSR count). The second-order valence-corrected chi connectivity index (χ2v) is 6.57. The smallest absolute Gasteiger partial charge is 0.262 e. The fourth-order valence-electron chi connectivity index (χ4n) is 2.75. The van der Waals surface area contributed by atoms with E-state index in [-0.39, 0.29) is 11.7 Å². The highest BCUT2D eigenvalue weighted by Gasteiger charge is 2.20. The first kappa shape index (κ1) is 16.5. The minimum atomic E-state index is 0.0185. The van der Waals surface area contributed by atoms with Crippen LogP contribution < -0.4 is 5.56 Å². The second kappa shape index (κ2) is 7.95. The van der Waals surface area contributed by atoms with Crippen LogP contribution in [0.25, 0.3) is 10.9 Å². The molecule has 1 fully saturated rings. The highest BCUT2D eigenvalue weighted by atomic mass is 32.2. The third kappa shape index (κ3) is 3.94. The summed E-state index contributed by atoms with van der Waals surface area (Å²) in [6.07, 6.45) is 2.18. The Kier molecular flexibility index (Phi) is 5.70. The van der Waals surface area contributed by atoms with Crippen LogP contribution in [-0.2, 0) is 16.0 Å². The maximum atomic E-state index is 12.8. The summed E-state index contributed by atoms with van der Waals surface area (Å²) in [4.78, 5) is 17.5. The summed E-state index contributed by atoms with van der Waals surface area (Å²) < 4.78 is 12.9. The van der Waals surface area contributed by atoms with Gasteiger partial charge in [0.25, 0.3) is 5.56 Å². The lowest BCUT2D eigenvalue weighted by Gasteiger charge is -2.16. The van der Waals surface area contributed by atoms with E-state index in [4.69, 9.17) is 14.5 Å². The van der Waals surface area contributed by atoms with Crippen molar-refractivity contribution in [1.29, 1.82) is 0 Å². The Morgan fingerprint density at radius 3 is 3.09 bits per heavy atom. The number of rotatable bonds is 7. The largest absolute Gasteiger partial charge is 0.381 e. The lowest BCUT2D eigenvalue weighted by Crippen LogP contribution is -2.29. The summed E-state index contributed by atoms with van der Waals surface area (Å²) in [5.41, 5.74) is 0.769. The van der Waals surface area contributed by atoms with Gasteiger partial charge in [-0.25, -0.2) is 4.98 Å². The number of fused-ring (bicyclic) bond motifs is 1. The van der Waals surface area contributed by atoms with Crippen LogP contribution in [0.3, 0.4) is 0 Å². The van der Waals surface area contributed by atoms with Gasteiger partial charge in [0.1, 0.15) is 0 Å². The first-order valence-electron chi connectivity index (χ1n) is 8.11. The summed E-state index contributed by atoms with van der Waals surface area (Å²) in [6, 6.07) is 7.52. The lowest BCUT2D eigenvalue weighted by molar-refractivity contribution is 0.0937. The molecule has 0 saturated carbocycles. The first-order chi connectivity index (χ1) is 11.3. The van der Waals surface area contributed by atoms with Crippen LogP contribution in [0.2, 0.25) is 0 Å². The molecule has 1 aliphatic rings. The minimum absolute atomic E-state index is 0.0185. The molecule has 1 atom stereocenters. The Labute approximate surface area is 140 Å². The molecule has 0 amide bonds. The van der Waals surface area contributed by atoms with E-state index in [1.54, 1.807) is 16.3 Å². The van der Waals surface area contributed by atoms with Crippen molar-refractivity contribution < 1.29 is 9.47 Å². The van der Waals surface area contributed by atoms with Gasteiger partial charge in [0.2, 0.25) is 0 Å². The van der Waals surface area contributed by atoms with Crippen LogP contribution in [0.5, 0.6) is 0 Å². The van der Waals surface area contributed by atoms with Gasteiger partial charge >= 0.3 is 0 Å². The molecule has 1 aliphatic heterocycles. The van der Waals surface area contributed by atoms with Crippen LogP contribution in [-0.4, -0.2) is 41.2 Å². The van der Waals surface area contributed by atoms with E-state index < -0.39 is 0 Å². The number of nitrogens with zero attached hydrogens (tertiary/aromatic N) is 2. The predicted molar refractivity (Wildman–Crippen MR) is 92.2 cm³/mol. The highest BCUT2D eigenvalue weighted by Crippen LogP contribution is 2.20. The zero-order chi connectivity index (χ0) is 16.1. The molecule has 124 valence electrons. The number of thioether (sulfide) groups is 1. The van der Waals surface area contributed by atoms with Crippen LogP contribution in [0.4, 0.5) is 0 Å². The third-order valence-electron chi connectivity index (χ3n) is 3.90. The summed E-state index contributed by atoms with van der Waals surface area (Å²) in [7, 11) is 0. The highest BCUT2D eigenvalue weighted by molar-refractivity contribution is 7.99. The Morgan fingerprint density at radius 2 is 2.30 bits per heavy atom. The van der Waals surface area contributed by atoms with Crippen molar-refractivity contribution in [1.82, 2.24) is 9.55 Å². The standard InChI is InChI=1S/C17H22N2O3S/c1-2-21-10-11-23-17-18-15-8-4-3-7-14(15)16(20)19(17)12-13-6-5-9-22-13/h3-4,7-8,13H,2,5-6,9-12H2,1H3. The molecule has 0 radical (unpaired) electrons. The molecule has 5 nitrogen and oxygen atoms in total. The van der Waals surface area contributed by atoms with E-state index in [9.17, 15) is 4.79 Å². The van der Waals surface area contributed by atoms with E-state index >= 15 is 0 Å². The number of hydrogen-bond donors (Lipinski definition) is 0. The van der Waals surface area contributed by atoms with E-state index in [2.05, 4.69) is 0 Å². The quantitative estimate of drug-likeness (QED) is 0.443. The van der Waals surface area contributed by atoms with Crippen molar-refractivity contribution in [3.63, 3.8) is 0 Å². The molecule has 6 heteroatoms. The van der Waals surface area contributed by atoms with Crippen molar-refractivity contribution in [2.75, 3.05) is 25.6 Å².